The van der Waals surface area contributed by atoms with E-state index < -0.39 is 0 Å². The zero-order chi connectivity index (χ0) is 19.1. The maximum absolute atomic E-state index is 12.9. The van der Waals surface area contributed by atoms with E-state index in [1.54, 1.807) is 19.2 Å². The fourth-order valence-corrected chi connectivity index (χ4v) is 3.67. The molecule has 0 radical (unpaired) electrons. The molecular formula is C24H17N3O. The van der Waals surface area contributed by atoms with Gasteiger partial charge in [-0.2, -0.15) is 9.78 Å². The first-order valence-corrected chi connectivity index (χ1v) is 9.15. The van der Waals surface area contributed by atoms with Crippen LogP contribution in [-0.2, 0) is 0 Å². The van der Waals surface area contributed by atoms with Gasteiger partial charge in [-0.1, -0.05) is 60.7 Å². The van der Waals surface area contributed by atoms with E-state index in [1.807, 2.05) is 42.5 Å². The lowest BCUT2D eigenvalue weighted by molar-refractivity contribution is 0.771. The Morgan fingerprint density at radius 3 is 2.07 bits per heavy atom. The van der Waals surface area contributed by atoms with E-state index in [-0.39, 0.29) is 5.56 Å². The minimum absolute atomic E-state index is 0.163. The molecule has 0 spiro atoms. The quantitative estimate of drug-likeness (QED) is 0.331. The van der Waals surface area contributed by atoms with Gasteiger partial charge in [0.1, 0.15) is 5.82 Å². The molecule has 0 amide bonds. The van der Waals surface area contributed by atoms with Crippen molar-refractivity contribution in [3.63, 3.8) is 0 Å². The summed E-state index contributed by atoms with van der Waals surface area (Å²) in [5.41, 5.74) is 1.52. The summed E-state index contributed by atoms with van der Waals surface area (Å²) in [4.78, 5) is 17.4. The van der Waals surface area contributed by atoms with Crippen LogP contribution in [0, 0.1) is 6.92 Å². The molecule has 0 saturated carbocycles. The van der Waals surface area contributed by atoms with Gasteiger partial charge < -0.3 is 0 Å². The van der Waals surface area contributed by atoms with Gasteiger partial charge in [-0.15, -0.1) is 0 Å². The molecule has 4 aromatic carbocycles. The SMILES string of the molecule is Cc1nc2ccccc2c(=O)n1N=Cc1c2ccccc2cc2ccccc12. The monoisotopic (exact) mass is 363 g/mol. The van der Waals surface area contributed by atoms with Crippen molar-refractivity contribution in [1.82, 2.24) is 9.66 Å². The number of hydrogen-bond donors (Lipinski definition) is 0. The zero-order valence-electron chi connectivity index (χ0n) is 15.3. The van der Waals surface area contributed by atoms with Gasteiger partial charge in [0.2, 0.25) is 0 Å². The number of fused-ring (bicyclic) bond motifs is 3. The summed E-state index contributed by atoms with van der Waals surface area (Å²) >= 11 is 0. The number of nitrogens with zero attached hydrogens (tertiary/aromatic N) is 3. The highest BCUT2D eigenvalue weighted by Crippen LogP contribution is 2.27. The van der Waals surface area contributed by atoms with Crippen molar-refractivity contribution >= 4 is 38.7 Å². The molecule has 0 aliphatic carbocycles. The molecule has 0 bridgehead atoms. The van der Waals surface area contributed by atoms with Crippen molar-refractivity contribution in [3.05, 3.63) is 101 Å². The lowest BCUT2D eigenvalue weighted by Gasteiger charge is -2.09. The van der Waals surface area contributed by atoms with Gasteiger partial charge in [0.15, 0.2) is 0 Å². The summed E-state index contributed by atoms with van der Waals surface area (Å²) < 4.78 is 1.37. The lowest BCUT2D eigenvalue weighted by atomic mass is 9.97. The third-order valence-corrected chi connectivity index (χ3v) is 5.03. The summed E-state index contributed by atoms with van der Waals surface area (Å²) in [6, 6.07) is 26.0. The molecule has 28 heavy (non-hydrogen) atoms. The Hall–Kier alpha value is -3.79. The highest BCUT2D eigenvalue weighted by atomic mass is 16.1. The molecule has 5 rings (SSSR count). The molecule has 134 valence electrons. The molecule has 4 nitrogen and oxygen atoms in total. The Kier molecular flexibility index (Phi) is 3.76. The zero-order valence-corrected chi connectivity index (χ0v) is 15.3. The first-order valence-electron chi connectivity index (χ1n) is 9.15. The average Bonchev–Trinajstić information content (AvgIpc) is 2.73. The first kappa shape index (κ1) is 16.4. The third kappa shape index (κ3) is 2.58. The van der Waals surface area contributed by atoms with E-state index >= 15 is 0 Å². The van der Waals surface area contributed by atoms with Gasteiger partial charge in [0.05, 0.1) is 17.1 Å². The Morgan fingerprint density at radius 2 is 1.39 bits per heavy atom. The van der Waals surface area contributed by atoms with Crippen LogP contribution in [0.15, 0.2) is 88.8 Å². The van der Waals surface area contributed by atoms with Crippen LogP contribution < -0.4 is 5.56 Å². The Morgan fingerprint density at radius 1 is 0.821 bits per heavy atom. The van der Waals surface area contributed by atoms with Crippen molar-refractivity contribution in [2.24, 2.45) is 5.10 Å². The van der Waals surface area contributed by atoms with Crippen molar-refractivity contribution in [2.75, 3.05) is 0 Å². The topological polar surface area (TPSA) is 47.2 Å². The first-order chi connectivity index (χ1) is 13.7. The molecule has 0 saturated heterocycles. The van der Waals surface area contributed by atoms with Crippen LogP contribution in [0.1, 0.15) is 11.4 Å². The van der Waals surface area contributed by atoms with Crippen LogP contribution in [0.2, 0.25) is 0 Å². The molecule has 4 heteroatoms. The summed E-state index contributed by atoms with van der Waals surface area (Å²) in [5, 5.41) is 9.59. The van der Waals surface area contributed by atoms with Gasteiger partial charge in [0.25, 0.3) is 5.56 Å². The van der Waals surface area contributed by atoms with Crippen molar-refractivity contribution in [1.29, 1.82) is 0 Å². The maximum Gasteiger partial charge on any atom is 0.282 e. The summed E-state index contributed by atoms with van der Waals surface area (Å²) in [6.07, 6.45) is 1.77. The molecule has 0 aliphatic heterocycles. The number of benzene rings is 4. The van der Waals surface area contributed by atoms with Gasteiger partial charge in [-0.3, -0.25) is 4.79 Å². The normalized spacial score (nSPS) is 11.8. The fraction of sp³-hybridized carbons (Fsp3) is 0.0417. The second-order valence-electron chi connectivity index (χ2n) is 6.77. The predicted octanol–water partition coefficient (Wildman–Crippen LogP) is 4.89. The second-order valence-corrected chi connectivity index (χ2v) is 6.77. The highest BCUT2D eigenvalue weighted by molar-refractivity contribution is 6.13. The number of hydrogen-bond acceptors (Lipinski definition) is 3. The van der Waals surface area contributed by atoms with Gasteiger partial charge >= 0.3 is 0 Å². The van der Waals surface area contributed by atoms with Crippen molar-refractivity contribution in [3.8, 4) is 0 Å². The number of aromatic nitrogens is 2. The minimum Gasteiger partial charge on any atom is -0.267 e. The number of aryl methyl sites for hydroxylation is 1. The van der Waals surface area contributed by atoms with E-state index in [4.69, 9.17) is 0 Å². The standard InChI is InChI=1S/C24H17N3O/c1-16-26-23-13-7-6-12-21(23)24(28)27(16)25-15-22-19-10-4-2-8-17(19)14-18-9-3-5-11-20(18)22/h2-15H,1H3. The molecule has 0 N–H and O–H groups in total. The predicted molar refractivity (Wildman–Crippen MR) is 115 cm³/mol. The fourth-order valence-electron chi connectivity index (χ4n) is 3.67. The lowest BCUT2D eigenvalue weighted by Crippen LogP contribution is -2.20. The molecule has 1 aromatic heterocycles. The van der Waals surface area contributed by atoms with Crippen LogP contribution in [-0.4, -0.2) is 15.9 Å². The average molecular weight is 363 g/mol. The van der Waals surface area contributed by atoms with Crippen molar-refractivity contribution < 1.29 is 0 Å². The molecule has 5 aromatic rings. The Balaban J connectivity index is 1.77. The van der Waals surface area contributed by atoms with Crippen LogP contribution in [0.5, 0.6) is 0 Å². The highest BCUT2D eigenvalue weighted by Gasteiger charge is 2.08. The van der Waals surface area contributed by atoms with Crippen LogP contribution in [0.3, 0.4) is 0 Å². The van der Waals surface area contributed by atoms with Gasteiger partial charge in [-0.05, 0) is 46.7 Å². The summed E-state index contributed by atoms with van der Waals surface area (Å²) in [5.74, 6) is 0.560. The number of para-hydroxylation sites is 1. The van der Waals surface area contributed by atoms with Crippen LogP contribution >= 0.6 is 0 Å². The summed E-state index contributed by atoms with van der Waals surface area (Å²) in [6.45, 7) is 1.80. The van der Waals surface area contributed by atoms with E-state index in [0.29, 0.717) is 16.7 Å². The van der Waals surface area contributed by atoms with E-state index in [9.17, 15) is 4.79 Å². The van der Waals surface area contributed by atoms with Gasteiger partial charge in [0, 0.05) is 5.56 Å². The molecule has 0 unspecified atom stereocenters. The van der Waals surface area contributed by atoms with Gasteiger partial charge in [-0.25, -0.2) is 4.98 Å². The largest absolute Gasteiger partial charge is 0.282 e. The molecule has 1 heterocycles. The van der Waals surface area contributed by atoms with Crippen LogP contribution in [0.25, 0.3) is 32.4 Å². The smallest absolute Gasteiger partial charge is 0.267 e. The second kappa shape index (κ2) is 6.43. The Labute approximate surface area is 161 Å². The summed E-state index contributed by atoms with van der Waals surface area (Å²) in [7, 11) is 0. The molecule has 0 atom stereocenters. The molecule has 0 aliphatic rings. The van der Waals surface area contributed by atoms with E-state index in [1.165, 1.54) is 4.68 Å². The molecular weight excluding hydrogens is 346 g/mol. The minimum atomic E-state index is -0.163. The van der Waals surface area contributed by atoms with Crippen molar-refractivity contribution in [2.45, 2.75) is 6.92 Å². The maximum atomic E-state index is 12.9. The third-order valence-electron chi connectivity index (χ3n) is 5.03. The Bertz CT molecular complexity index is 1390. The van der Waals surface area contributed by atoms with E-state index in [0.717, 1.165) is 27.1 Å². The van der Waals surface area contributed by atoms with E-state index in [2.05, 4.69) is 40.4 Å². The van der Waals surface area contributed by atoms with Crippen LogP contribution in [0.4, 0.5) is 0 Å². The molecule has 0 fully saturated rings. The number of rotatable bonds is 2.